The predicted molar refractivity (Wildman–Crippen MR) is 60.5 cm³/mol. The Morgan fingerprint density at radius 3 is 2.08 bits per heavy atom. The summed E-state index contributed by atoms with van der Waals surface area (Å²) in [5.41, 5.74) is 1.50. The number of hydrogen-bond donors (Lipinski definition) is 0. The van der Waals surface area contributed by atoms with Crippen LogP contribution in [0.5, 0.6) is 0 Å². The summed E-state index contributed by atoms with van der Waals surface area (Å²) in [5, 5.41) is 0.881. The molecular formula is C8H5Cl5. The van der Waals surface area contributed by atoms with Gasteiger partial charge in [-0.15, -0.1) is 34.8 Å². The molecule has 0 saturated heterocycles. The Bertz CT molecular complexity index is 308. The van der Waals surface area contributed by atoms with Gasteiger partial charge in [0, 0.05) is 5.88 Å². The molecule has 5 heteroatoms. The van der Waals surface area contributed by atoms with Crippen molar-refractivity contribution in [2.75, 3.05) is 0 Å². The molecule has 1 rings (SSSR count). The van der Waals surface area contributed by atoms with Crippen LogP contribution in [0.2, 0.25) is 10.0 Å². The fraction of sp³-hybridized carbons (Fsp3) is 0.250. The Hall–Kier alpha value is 0.670. The normalized spacial score (nSPS) is 10.9. The molecule has 0 nitrogen and oxygen atoms in total. The number of hydrogen-bond acceptors (Lipinski definition) is 0. The van der Waals surface area contributed by atoms with Crippen LogP contribution in [0.25, 0.3) is 0 Å². The Labute approximate surface area is 102 Å². The third kappa shape index (κ3) is 2.81. The van der Waals surface area contributed by atoms with E-state index in [1.165, 1.54) is 0 Å². The fourth-order valence-electron chi connectivity index (χ4n) is 0.922. The zero-order chi connectivity index (χ0) is 10.0. The van der Waals surface area contributed by atoms with Gasteiger partial charge in [0.1, 0.15) is 4.84 Å². The molecule has 1 aromatic carbocycles. The highest BCUT2D eigenvalue weighted by molar-refractivity contribution is 6.45. The average molecular weight is 278 g/mol. The van der Waals surface area contributed by atoms with Gasteiger partial charge < -0.3 is 0 Å². The maximum atomic E-state index is 5.79. The molecule has 0 aliphatic rings. The summed E-state index contributed by atoms with van der Waals surface area (Å²) in [6, 6.07) is 3.30. The van der Waals surface area contributed by atoms with E-state index in [1.54, 1.807) is 12.1 Å². The second-order valence-electron chi connectivity index (χ2n) is 2.40. The molecule has 0 aromatic heterocycles. The van der Waals surface area contributed by atoms with Gasteiger partial charge in [0.05, 0.1) is 10.0 Å². The van der Waals surface area contributed by atoms with E-state index in [-0.39, 0.29) is 0 Å². The lowest BCUT2D eigenvalue weighted by Gasteiger charge is -2.09. The van der Waals surface area contributed by atoms with E-state index in [9.17, 15) is 0 Å². The van der Waals surface area contributed by atoms with Gasteiger partial charge in [0.2, 0.25) is 0 Å². The highest BCUT2D eigenvalue weighted by Crippen LogP contribution is 2.34. The van der Waals surface area contributed by atoms with Gasteiger partial charge in [-0.2, -0.15) is 0 Å². The Morgan fingerprint density at radius 2 is 1.62 bits per heavy atom. The molecular weight excluding hydrogens is 273 g/mol. The van der Waals surface area contributed by atoms with Crippen LogP contribution >= 0.6 is 58.0 Å². The summed E-state index contributed by atoms with van der Waals surface area (Å²) >= 11 is 28.7. The van der Waals surface area contributed by atoms with Crippen molar-refractivity contribution < 1.29 is 0 Å². The van der Waals surface area contributed by atoms with E-state index in [1.807, 2.05) is 0 Å². The SMILES string of the molecule is ClCc1cc(Cl)c(Cl)cc1C(Cl)Cl. The first-order valence-electron chi connectivity index (χ1n) is 3.38. The van der Waals surface area contributed by atoms with E-state index in [2.05, 4.69) is 0 Å². The van der Waals surface area contributed by atoms with Gasteiger partial charge in [-0.3, -0.25) is 0 Å². The van der Waals surface area contributed by atoms with Gasteiger partial charge in [-0.1, -0.05) is 23.2 Å². The van der Waals surface area contributed by atoms with Crippen molar-refractivity contribution >= 4 is 58.0 Å². The van der Waals surface area contributed by atoms with Crippen molar-refractivity contribution in [2.45, 2.75) is 10.7 Å². The molecule has 0 amide bonds. The smallest absolute Gasteiger partial charge is 0.122 e. The molecule has 0 heterocycles. The first-order chi connectivity index (χ1) is 6.06. The minimum absolute atomic E-state index is 0.308. The number of rotatable bonds is 2. The summed E-state index contributed by atoms with van der Waals surface area (Å²) in [4.78, 5) is -0.636. The largest absolute Gasteiger partial charge is 0.133 e. The predicted octanol–water partition coefficient (Wildman–Crippen LogP) is 5.21. The van der Waals surface area contributed by atoms with Crippen molar-refractivity contribution in [3.63, 3.8) is 0 Å². The third-order valence-electron chi connectivity index (χ3n) is 1.56. The minimum Gasteiger partial charge on any atom is -0.122 e. The second kappa shape index (κ2) is 4.95. The van der Waals surface area contributed by atoms with Crippen LogP contribution in [-0.4, -0.2) is 0 Å². The van der Waals surface area contributed by atoms with Crippen LogP contribution in [0.1, 0.15) is 16.0 Å². The van der Waals surface area contributed by atoms with Gasteiger partial charge in [0.15, 0.2) is 0 Å². The quantitative estimate of drug-likeness (QED) is 0.652. The zero-order valence-electron chi connectivity index (χ0n) is 6.33. The number of halogens is 5. The first kappa shape index (κ1) is 11.7. The van der Waals surface area contributed by atoms with E-state index in [0.717, 1.165) is 5.56 Å². The lowest BCUT2D eigenvalue weighted by atomic mass is 10.1. The van der Waals surface area contributed by atoms with Crippen molar-refractivity contribution in [2.24, 2.45) is 0 Å². The molecule has 0 aliphatic heterocycles. The molecule has 72 valence electrons. The monoisotopic (exact) mass is 276 g/mol. The summed E-state index contributed by atoms with van der Waals surface area (Å²) in [6.45, 7) is 0. The maximum Gasteiger partial charge on any atom is 0.133 e. The van der Waals surface area contributed by atoms with Crippen LogP contribution in [-0.2, 0) is 5.88 Å². The molecule has 0 aliphatic carbocycles. The average Bonchev–Trinajstić information content (AvgIpc) is 2.08. The highest BCUT2D eigenvalue weighted by atomic mass is 35.5. The summed E-state index contributed by atoms with van der Waals surface area (Å²) in [5.74, 6) is 0.308. The lowest BCUT2D eigenvalue weighted by Crippen LogP contribution is -1.91. The van der Waals surface area contributed by atoms with Crippen molar-refractivity contribution in [3.8, 4) is 0 Å². The highest BCUT2D eigenvalue weighted by Gasteiger charge is 2.12. The summed E-state index contributed by atoms with van der Waals surface area (Å²) in [7, 11) is 0. The second-order valence-corrected chi connectivity index (χ2v) is 4.58. The Balaban J connectivity index is 3.25. The van der Waals surface area contributed by atoms with Crippen LogP contribution in [0.15, 0.2) is 12.1 Å². The van der Waals surface area contributed by atoms with E-state index in [4.69, 9.17) is 58.0 Å². The van der Waals surface area contributed by atoms with Gasteiger partial charge in [-0.25, -0.2) is 0 Å². The Morgan fingerprint density at radius 1 is 1.08 bits per heavy atom. The van der Waals surface area contributed by atoms with Crippen LogP contribution < -0.4 is 0 Å². The molecule has 0 bridgehead atoms. The maximum absolute atomic E-state index is 5.79. The molecule has 0 atom stereocenters. The molecule has 0 fully saturated rings. The molecule has 0 radical (unpaired) electrons. The number of alkyl halides is 3. The van der Waals surface area contributed by atoms with E-state index in [0.29, 0.717) is 21.5 Å². The van der Waals surface area contributed by atoms with Crippen LogP contribution in [0.3, 0.4) is 0 Å². The fourth-order valence-corrected chi connectivity index (χ4v) is 1.92. The van der Waals surface area contributed by atoms with Crippen molar-refractivity contribution in [1.29, 1.82) is 0 Å². The topological polar surface area (TPSA) is 0 Å². The summed E-state index contributed by atoms with van der Waals surface area (Å²) < 4.78 is 0. The molecule has 1 aromatic rings. The van der Waals surface area contributed by atoms with Crippen LogP contribution in [0.4, 0.5) is 0 Å². The molecule has 0 unspecified atom stereocenters. The standard InChI is InChI=1S/C8H5Cl5/c9-3-4-1-6(10)7(11)2-5(4)8(12)13/h1-2,8H,3H2. The zero-order valence-corrected chi connectivity index (χ0v) is 10.1. The minimum atomic E-state index is -0.636. The summed E-state index contributed by atoms with van der Waals surface area (Å²) in [6.07, 6.45) is 0. The van der Waals surface area contributed by atoms with Crippen LogP contribution in [0, 0.1) is 0 Å². The Kier molecular flexibility index (Phi) is 4.47. The first-order valence-corrected chi connectivity index (χ1v) is 5.54. The van der Waals surface area contributed by atoms with E-state index < -0.39 is 4.84 Å². The van der Waals surface area contributed by atoms with E-state index >= 15 is 0 Å². The third-order valence-corrected chi connectivity index (χ3v) is 3.04. The van der Waals surface area contributed by atoms with Gasteiger partial charge >= 0.3 is 0 Å². The number of benzene rings is 1. The molecule has 0 saturated carbocycles. The van der Waals surface area contributed by atoms with Gasteiger partial charge in [0.25, 0.3) is 0 Å². The molecule has 0 spiro atoms. The van der Waals surface area contributed by atoms with Crippen molar-refractivity contribution in [3.05, 3.63) is 33.3 Å². The lowest BCUT2D eigenvalue weighted by molar-refractivity contribution is 1.24. The molecule has 0 N–H and O–H groups in total. The van der Waals surface area contributed by atoms with Crippen molar-refractivity contribution in [1.82, 2.24) is 0 Å². The molecule has 13 heavy (non-hydrogen) atoms. The van der Waals surface area contributed by atoms with Gasteiger partial charge in [-0.05, 0) is 23.3 Å².